The summed E-state index contributed by atoms with van der Waals surface area (Å²) in [6.45, 7) is 1.80. The van der Waals surface area contributed by atoms with Gasteiger partial charge in [-0.3, -0.25) is 4.79 Å². The minimum Gasteiger partial charge on any atom is -0.489 e. The minimum absolute atomic E-state index is 0.346. The number of benzene rings is 3. The van der Waals surface area contributed by atoms with Gasteiger partial charge in [0.15, 0.2) is 6.10 Å². The summed E-state index contributed by atoms with van der Waals surface area (Å²) in [6.07, 6.45) is 1.80. The van der Waals surface area contributed by atoms with Gasteiger partial charge >= 0.3 is 5.97 Å². The van der Waals surface area contributed by atoms with Gasteiger partial charge in [0.25, 0.3) is 5.91 Å². The molecule has 0 saturated carbocycles. The maximum atomic E-state index is 12.9. The van der Waals surface area contributed by atoms with Crippen LogP contribution < -0.4 is 10.1 Å². The number of amides is 1. The predicted molar refractivity (Wildman–Crippen MR) is 122 cm³/mol. The minimum atomic E-state index is -1.02. The zero-order valence-corrected chi connectivity index (χ0v) is 18.0. The highest BCUT2D eigenvalue weighted by molar-refractivity contribution is 6.31. The number of anilines is 1. The molecular weight excluding hydrogens is 433 g/mol. The van der Waals surface area contributed by atoms with Gasteiger partial charge in [-0.05, 0) is 61.0 Å². The van der Waals surface area contributed by atoms with Crippen molar-refractivity contribution in [1.82, 2.24) is 0 Å². The van der Waals surface area contributed by atoms with Crippen LogP contribution in [0.3, 0.4) is 0 Å². The first-order valence-corrected chi connectivity index (χ1v) is 10.2. The van der Waals surface area contributed by atoms with E-state index >= 15 is 0 Å². The number of halogens is 2. The lowest BCUT2D eigenvalue weighted by Crippen LogP contribution is -2.29. The van der Waals surface area contributed by atoms with E-state index < -0.39 is 23.8 Å². The fraction of sp³-hybridized carbons (Fsp3) is 0.120. The third kappa shape index (κ3) is 6.96. The van der Waals surface area contributed by atoms with Crippen LogP contribution in [0, 0.1) is 5.82 Å². The molecule has 7 heteroatoms. The maximum Gasteiger partial charge on any atom is 0.331 e. The van der Waals surface area contributed by atoms with Crippen molar-refractivity contribution < 1.29 is 23.5 Å². The molecule has 0 aliphatic rings. The van der Waals surface area contributed by atoms with Crippen LogP contribution in [0.5, 0.6) is 5.75 Å². The van der Waals surface area contributed by atoms with Gasteiger partial charge in [-0.2, -0.15) is 0 Å². The molecule has 164 valence electrons. The van der Waals surface area contributed by atoms with E-state index in [9.17, 15) is 14.0 Å². The molecule has 0 spiro atoms. The number of hydrogen-bond donors (Lipinski definition) is 1. The van der Waals surface area contributed by atoms with E-state index in [-0.39, 0.29) is 0 Å². The molecule has 3 aromatic carbocycles. The Morgan fingerprint density at radius 2 is 1.72 bits per heavy atom. The van der Waals surface area contributed by atoms with E-state index in [2.05, 4.69) is 5.32 Å². The summed E-state index contributed by atoms with van der Waals surface area (Å²) in [6, 6.07) is 19.9. The summed E-state index contributed by atoms with van der Waals surface area (Å²) < 4.78 is 23.7. The van der Waals surface area contributed by atoms with Crippen molar-refractivity contribution in [3.05, 3.63) is 101 Å². The molecule has 1 N–H and O–H groups in total. The molecule has 0 bridgehead atoms. The summed E-state index contributed by atoms with van der Waals surface area (Å²) in [5.41, 5.74) is 2.06. The van der Waals surface area contributed by atoms with Gasteiger partial charge in [-0.25, -0.2) is 9.18 Å². The number of rotatable bonds is 8. The second-order valence-corrected chi connectivity index (χ2v) is 7.26. The summed E-state index contributed by atoms with van der Waals surface area (Å²) in [4.78, 5) is 24.1. The Kier molecular flexibility index (Phi) is 8.00. The van der Waals surface area contributed by atoms with Crippen LogP contribution in [0.1, 0.15) is 18.1 Å². The first kappa shape index (κ1) is 23.0. The Morgan fingerprint density at radius 3 is 2.41 bits per heavy atom. The molecule has 5 nitrogen and oxygen atoms in total. The van der Waals surface area contributed by atoms with Gasteiger partial charge < -0.3 is 14.8 Å². The van der Waals surface area contributed by atoms with Crippen molar-refractivity contribution in [2.24, 2.45) is 0 Å². The predicted octanol–water partition coefficient (Wildman–Crippen LogP) is 5.64. The summed E-state index contributed by atoms with van der Waals surface area (Å²) in [7, 11) is 0. The van der Waals surface area contributed by atoms with E-state index in [0.717, 1.165) is 11.1 Å². The third-order valence-electron chi connectivity index (χ3n) is 4.42. The fourth-order valence-electron chi connectivity index (χ4n) is 2.66. The van der Waals surface area contributed by atoms with Crippen LogP contribution in [0.15, 0.2) is 78.9 Å². The largest absolute Gasteiger partial charge is 0.489 e. The number of hydrogen-bond acceptors (Lipinski definition) is 4. The van der Waals surface area contributed by atoms with E-state index in [0.29, 0.717) is 23.1 Å². The van der Waals surface area contributed by atoms with Gasteiger partial charge in [-0.15, -0.1) is 0 Å². The van der Waals surface area contributed by atoms with Crippen LogP contribution in [-0.2, 0) is 20.9 Å². The van der Waals surface area contributed by atoms with E-state index in [4.69, 9.17) is 21.1 Å². The van der Waals surface area contributed by atoms with Crippen molar-refractivity contribution in [3.63, 3.8) is 0 Å². The normalized spacial score (nSPS) is 11.7. The fourth-order valence-corrected chi connectivity index (χ4v) is 2.85. The lowest BCUT2D eigenvalue weighted by molar-refractivity contribution is -0.148. The quantitative estimate of drug-likeness (QED) is 0.354. The third-order valence-corrected chi connectivity index (χ3v) is 4.79. The zero-order chi connectivity index (χ0) is 22.9. The van der Waals surface area contributed by atoms with Gasteiger partial charge in [0, 0.05) is 22.3 Å². The van der Waals surface area contributed by atoms with Crippen molar-refractivity contribution >= 4 is 35.2 Å². The first-order valence-electron chi connectivity index (χ1n) is 9.82. The average molecular weight is 454 g/mol. The van der Waals surface area contributed by atoms with Crippen LogP contribution in [0.25, 0.3) is 6.08 Å². The van der Waals surface area contributed by atoms with E-state index in [1.807, 2.05) is 18.2 Å². The maximum absolute atomic E-state index is 12.9. The van der Waals surface area contributed by atoms with Crippen molar-refractivity contribution in [1.29, 1.82) is 0 Å². The molecule has 3 rings (SSSR count). The van der Waals surface area contributed by atoms with E-state index in [1.165, 1.54) is 37.3 Å². The highest BCUT2D eigenvalue weighted by atomic mass is 35.5. The topological polar surface area (TPSA) is 64.6 Å². The second-order valence-electron chi connectivity index (χ2n) is 6.86. The molecule has 0 saturated heterocycles. The van der Waals surface area contributed by atoms with Gasteiger partial charge in [0.05, 0.1) is 0 Å². The molecule has 1 amide bonds. The lowest BCUT2D eigenvalue weighted by Gasteiger charge is -2.12. The Hall–Kier alpha value is -3.64. The van der Waals surface area contributed by atoms with Crippen LogP contribution in [-0.4, -0.2) is 18.0 Å². The molecule has 0 aliphatic heterocycles. The summed E-state index contributed by atoms with van der Waals surface area (Å²) >= 11 is 6.12. The summed E-state index contributed by atoms with van der Waals surface area (Å²) in [5.74, 6) is -0.923. The van der Waals surface area contributed by atoms with Gasteiger partial charge in [0.2, 0.25) is 0 Å². The van der Waals surface area contributed by atoms with Crippen molar-refractivity contribution in [2.45, 2.75) is 19.6 Å². The second kappa shape index (κ2) is 11.1. The average Bonchev–Trinajstić information content (AvgIpc) is 2.79. The molecule has 0 heterocycles. The number of esters is 1. The molecule has 0 radical (unpaired) electrons. The molecule has 0 fully saturated rings. The van der Waals surface area contributed by atoms with Gasteiger partial charge in [-0.1, -0.05) is 41.9 Å². The lowest BCUT2D eigenvalue weighted by atomic mass is 10.2. The number of carbonyl (C=O) groups excluding carboxylic acids is 2. The molecule has 0 aliphatic carbocycles. The molecule has 1 unspecified atom stereocenters. The molecular formula is C25H21ClFNO4. The van der Waals surface area contributed by atoms with E-state index in [1.54, 1.807) is 36.4 Å². The van der Waals surface area contributed by atoms with Gasteiger partial charge in [0.1, 0.15) is 18.2 Å². The van der Waals surface area contributed by atoms with Crippen molar-refractivity contribution in [2.75, 3.05) is 5.32 Å². The highest BCUT2D eigenvalue weighted by Gasteiger charge is 2.16. The number of ether oxygens (including phenoxy) is 2. The molecule has 0 aromatic heterocycles. The Balaban J connectivity index is 1.47. The zero-order valence-electron chi connectivity index (χ0n) is 17.3. The van der Waals surface area contributed by atoms with Crippen LogP contribution in [0.2, 0.25) is 5.02 Å². The Morgan fingerprint density at radius 1 is 1.03 bits per heavy atom. The van der Waals surface area contributed by atoms with Crippen LogP contribution >= 0.6 is 11.6 Å². The molecule has 1 atom stereocenters. The highest BCUT2D eigenvalue weighted by Crippen LogP contribution is 2.19. The first-order chi connectivity index (χ1) is 15.4. The SMILES string of the molecule is CC(OC(=O)/C=C/c1ccc(OCc2ccccc2Cl)cc1)C(=O)Nc1ccc(F)cc1. The summed E-state index contributed by atoms with van der Waals surface area (Å²) in [5, 5.41) is 3.20. The number of nitrogens with one attached hydrogen (secondary N) is 1. The molecule has 3 aromatic rings. The standard InChI is InChI=1S/C25H21ClFNO4/c1-17(25(30)28-21-11-9-20(27)10-12-21)32-24(29)15-8-18-6-13-22(14-7-18)31-16-19-4-2-3-5-23(19)26/h2-15,17H,16H2,1H3,(H,28,30)/b15-8+. The Labute approximate surface area is 190 Å². The van der Waals surface area contributed by atoms with Crippen LogP contribution in [0.4, 0.5) is 10.1 Å². The monoisotopic (exact) mass is 453 g/mol. The smallest absolute Gasteiger partial charge is 0.331 e. The number of carbonyl (C=O) groups is 2. The van der Waals surface area contributed by atoms with Crippen molar-refractivity contribution in [3.8, 4) is 5.75 Å². The Bertz CT molecular complexity index is 1100. The molecule has 32 heavy (non-hydrogen) atoms.